The third-order valence-electron chi connectivity index (χ3n) is 6.04. The lowest BCUT2D eigenvalue weighted by Gasteiger charge is -2.19. The van der Waals surface area contributed by atoms with Gasteiger partial charge in [-0.05, 0) is 73.5 Å². The van der Waals surface area contributed by atoms with Gasteiger partial charge in [0.05, 0.1) is 17.8 Å². The van der Waals surface area contributed by atoms with Crippen molar-refractivity contribution in [2.75, 3.05) is 13.2 Å². The van der Waals surface area contributed by atoms with Crippen LogP contribution in [0.3, 0.4) is 0 Å². The molecule has 0 unspecified atom stereocenters. The number of ether oxygens (including phenoxy) is 1. The van der Waals surface area contributed by atoms with E-state index < -0.39 is 11.7 Å². The number of benzene rings is 3. The normalized spacial score (nSPS) is 12.2. The Morgan fingerprint density at radius 2 is 1.70 bits per heavy atom. The number of hydrogen-bond acceptors (Lipinski definition) is 3. The molecule has 0 saturated heterocycles. The van der Waals surface area contributed by atoms with Crippen molar-refractivity contribution < 1.29 is 22.7 Å². The fourth-order valence-electron chi connectivity index (χ4n) is 4.18. The summed E-state index contributed by atoms with van der Waals surface area (Å²) in [6, 6.07) is 19.0. The van der Waals surface area contributed by atoms with Crippen molar-refractivity contribution in [3.63, 3.8) is 0 Å². The molecule has 4 aromatic rings. The van der Waals surface area contributed by atoms with Gasteiger partial charge in [-0.2, -0.15) is 13.2 Å². The summed E-state index contributed by atoms with van der Waals surface area (Å²) < 4.78 is 46.3. The maximum Gasteiger partial charge on any atom is 0.416 e. The molecule has 1 heterocycles. The molecule has 0 spiro atoms. The lowest BCUT2D eigenvalue weighted by Crippen LogP contribution is -2.30. The second-order valence-electron chi connectivity index (χ2n) is 10.0. The number of fused-ring (bicyclic) bond motifs is 1. The number of amides is 1. The monoisotopic (exact) mass is 525 g/mol. The van der Waals surface area contributed by atoms with E-state index in [0.717, 1.165) is 37.7 Å². The first-order chi connectivity index (χ1) is 17.4. The van der Waals surface area contributed by atoms with Gasteiger partial charge in [0.25, 0.3) is 5.91 Å². The Kier molecular flexibility index (Phi) is 7.76. The number of aryl methyl sites for hydroxylation is 1. The van der Waals surface area contributed by atoms with E-state index in [1.807, 2.05) is 64.1 Å². The Hall–Kier alpha value is -3.16. The molecule has 37 heavy (non-hydrogen) atoms. The Morgan fingerprint density at radius 1 is 0.973 bits per heavy atom. The molecule has 0 aliphatic carbocycles. The highest BCUT2D eigenvalue weighted by Gasteiger charge is 2.30. The van der Waals surface area contributed by atoms with E-state index in [4.69, 9.17) is 4.74 Å². The summed E-state index contributed by atoms with van der Waals surface area (Å²) >= 11 is 1.59. The maximum absolute atomic E-state index is 13.2. The van der Waals surface area contributed by atoms with Crippen LogP contribution in [0, 0.1) is 6.92 Å². The second-order valence-corrected chi connectivity index (χ2v) is 11.1. The quantitative estimate of drug-likeness (QED) is 0.248. The molecule has 0 fully saturated rings. The summed E-state index contributed by atoms with van der Waals surface area (Å²) in [7, 11) is 0. The van der Waals surface area contributed by atoms with Gasteiger partial charge in [0, 0.05) is 28.1 Å². The molecular weight excluding hydrogens is 495 g/mol. The Morgan fingerprint density at radius 3 is 2.43 bits per heavy atom. The number of rotatable bonds is 7. The topological polar surface area (TPSA) is 38.3 Å². The predicted molar refractivity (Wildman–Crippen MR) is 144 cm³/mol. The van der Waals surface area contributed by atoms with Gasteiger partial charge in [0.1, 0.15) is 0 Å². The summed E-state index contributed by atoms with van der Waals surface area (Å²) in [4.78, 5) is 13.8. The van der Waals surface area contributed by atoms with Gasteiger partial charge in [0.15, 0.2) is 0 Å². The fraction of sp³-hybridized carbons (Fsp3) is 0.300. The first-order valence-electron chi connectivity index (χ1n) is 12.1. The zero-order valence-corrected chi connectivity index (χ0v) is 22.1. The van der Waals surface area contributed by atoms with Crippen LogP contribution >= 0.6 is 11.3 Å². The van der Waals surface area contributed by atoms with Crippen molar-refractivity contribution in [3.05, 3.63) is 93.9 Å². The van der Waals surface area contributed by atoms with Crippen molar-refractivity contribution in [3.8, 4) is 11.1 Å². The average Bonchev–Trinajstić information content (AvgIpc) is 3.16. The minimum Gasteiger partial charge on any atom is -0.374 e. The largest absolute Gasteiger partial charge is 0.416 e. The molecule has 0 aliphatic heterocycles. The Bertz CT molecular complexity index is 1420. The third-order valence-corrected chi connectivity index (χ3v) is 7.38. The maximum atomic E-state index is 13.2. The van der Waals surface area contributed by atoms with Crippen LogP contribution < -0.4 is 5.32 Å². The molecule has 3 nitrogen and oxygen atoms in total. The van der Waals surface area contributed by atoms with Crippen molar-refractivity contribution in [2.24, 2.45) is 0 Å². The van der Waals surface area contributed by atoms with E-state index in [0.29, 0.717) is 30.7 Å². The second kappa shape index (κ2) is 10.7. The standard InChI is InChI=1S/C30H30F3NO2S/c1-19-24-12-7-13-25(21-9-6-10-22(18-21)28(35)34-14-15-36-29(2,3)4)27(24)37-26(19)17-20-8-5-11-23(16-20)30(31,32)33/h5-13,16,18H,14-15,17H2,1-4H3,(H,34,35). The molecule has 0 saturated carbocycles. The van der Waals surface area contributed by atoms with Gasteiger partial charge in [-0.1, -0.05) is 48.5 Å². The van der Waals surface area contributed by atoms with Gasteiger partial charge >= 0.3 is 6.18 Å². The van der Waals surface area contributed by atoms with Gasteiger partial charge < -0.3 is 10.1 Å². The summed E-state index contributed by atoms with van der Waals surface area (Å²) in [5.41, 5.74) is 3.25. The average molecular weight is 526 g/mol. The first-order valence-corrected chi connectivity index (χ1v) is 12.9. The van der Waals surface area contributed by atoms with Crippen LogP contribution in [0.4, 0.5) is 13.2 Å². The van der Waals surface area contributed by atoms with Crippen LogP contribution in [0.15, 0.2) is 66.7 Å². The number of hydrogen-bond donors (Lipinski definition) is 1. The van der Waals surface area contributed by atoms with Gasteiger partial charge in [-0.3, -0.25) is 4.79 Å². The minimum absolute atomic E-state index is 0.167. The van der Waals surface area contributed by atoms with Gasteiger partial charge in [0.2, 0.25) is 0 Å². The highest BCUT2D eigenvalue weighted by molar-refractivity contribution is 7.19. The van der Waals surface area contributed by atoms with E-state index >= 15 is 0 Å². The van der Waals surface area contributed by atoms with Crippen molar-refractivity contribution >= 4 is 27.3 Å². The highest BCUT2D eigenvalue weighted by Crippen LogP contribution is 2.39. The van der Waals surface area contributed by atoms with E-state index in [1.54, 1.807) is 23.5 Å². The molecule has 1 amide bonds. The van der Waals surface area contributed by atoms with Crippen LogP contribution in [0.1, 0.15) is 52.7 Å². The molecule has 194 valence electrons. The number of halogens is 3. The zero-order chi connectivity index (χ0) is 26.8. The SMILES string of the molecule is Cc1c(Cc2cccc(C(F)(F)F)c2)sc2c(-c3cccc(C(=O)NCCOC(C)(C)C)c3)cccc12. The molecule has 4 rings (SSSR count). The van der Waals surface area contributed by atoms with Crippen LogP contribution in [0.2, 0.25) is 0 Å². The third kappa shape index (κ3) is 6.59. The van der Waals surface area contributed by atoms with Crippen LogP contribution in [-0.2, 0) is 17.3 Å². The van der Waals surface area contributed by atoms with Crippen LogP contribution in [0.5, 0.6) is 0 Å². The lowest BCUT2D eigenvalue weighted by atomic mass is 9.99. The van der Waals surface area contributed by atoms with E-state index in [1.165, 1.54) is 12.1 Å². The number of nitrogens with one attached hydrogen (secondary N) is 1. The summed E-state index contributed by atoms with van der Waals surface area (Å²) in [6.07, 6.45) is -3.94. The number of thiophene rings is 1. The summed E-state index contributed by atoms with van der Waals surface area (Å²) in [5, 5.41) is 3.97. The molecule has 3 aromatic carbocycles. The van der Waals surface area contributed by atoms with E-state index in [-0.39, 0.29) is 11.5 Å². The Balaban J connectivity index is 1.59. The summed E-state index contributed by atoms with van der Waals surface area (Å²) in [6.45, 7) is 8.76. The lowest BCUT2D eigenvalue weighted by molar-refractivity contribution is -0.137. The predicted octanol–water partition coefficient (Wildman–Crippen LogP) is 8.03. The molecule has 0 bridgehead atoms. The summed E-state index contributed by atoms with van der Waals surface area (Å²) in [5.74, 6) is -0.167. The molecule has 1 N–H and O–H groups in total. The number of carbonyl (C=O) groups is 1. The zero-order valence-electron chi connectivity index (χ0n) is 21.3. The fourth-order valence-corrected chi connectivity index (χ4v) is 5.56. The smallest absolute Gasteiger partial charge is 0.374 e. The number of alkyl halides is 3. The molecular formula is C30H30F3NO2S. The first kappa shape index (κ1) is 26.9. The van der Waals surface area contributed by atoms with Crippen molar-refractivity contribution in [1.82, 2.24) is 5.32 Å². The molecule has 0 radical (unpaired) electrons. The number of carbonyl (C=O) groups excluding carboxylic acids is 1. The molecule has 1 aromatic heterocycles. The van der Waals surface area contributed by atoms with E-state index in [9.17, 15) is 18.0 Å². The van der Waals surface area contributed by atoms with Crippen molar-refractivity contribution in [2.45, 2.75) is 45.9 Å². The molecule has 0 atom stereocenters. The van der Waals surface area contributed by atoms with Gasteiger partial charge in [-0.15, -0.1) is 11.3 Å². The van der Waals surface area contributed by atoms with Crippen molar-refractivity contribution in [1.29, 1.82) is 0 Å². The van der Waals surface area contributed by atoms with Crippen LogP contribution in [0.25, 0.3) is 21.2 Å². The van der Waals surface area contributed by atoms with E-state index in [2.05, 4.69) is 5.32 Å². The van der Waals surface area contributed by atoms with Gasteiger partial charge in [-0.25, -0.2) is 0 Å². The highest BCUT2D eigenvalue weighted by atomic mass is 32.1. The van der Waals surface area contributed by atoms with Crippen LogP contribution in [-0.4, -0.2) is 24.7 Å². The molecule has 7 heteroatoms. The Labute approximate surface area is 219 Å². The minimum atomic E-state index is -4.37. The molecule has 0 aliphatic rings.